The number of amides is 1. The summed E-state index contributed by atoms with van der Waals surface area (Å²) in [5.41, 5.74) is 12.2. The van der Waals surface area contributed by atoms with Gasteiger partial charge in [0.2, 0.25) is 5.91 Å². The summed E-state index contributed by atoms with van der Waals surface area (Å²) in [6.07, 6.45) is 1.59. The number of nitriles is 2. The van der Waals surface area contributed by atoms with Crippen LogP contribution in [0.4, 0.5) is 10.8 Å². The third-order valence-electron chi connectivity index (χ3n) is 6.88. The Labute approximate surface area is 245 Å². The topological polar surface area (TPSA) is 142 Å². The molecule has 0 bridgehead atoms. The van der Waals surface area contributed by atoms with Crippen molar-refractivity contribution >= 4 is 45.8 Å². The van der Waals surface area contributed by atoms with Gasteiger partial charge < -0.3 is 15.8 Å². The molecule has 3 N–H and O–H groups in total. The number of aromatic nitrogens is 1. The number of methoxy groups -OCH3 is 1. The Morgan fingerprint density at radius 2 is 1.83 bits per heavy atom. The Hall–Kier alpha value is -4.64. The summed E-state index contributed by atoms with van der Waals surface area (Å²) in [7, 11) is 1.33. The van der Waals surface area contributed by atoms with Crippen LogP contribution in [0.15, 0.2) is 53.6 Å². The third kappa shape index (κ3) is 5.40. The number of nitrogens with two attached hydrogens (primary N) is 1. The molecule has 8 nitrogen and oxygen atoms in total. The summed E-state index contributed by atoms with van der Waals surface area (Å²) in [6, 6.07) is 19.8. The van der Waals surface area contributed by atoms with Crippen molar-refractivity contribution in [2.45, 2.75) is 31.2 Å². The minimum absolute atomic E-state index is 0.0289. The van der Waals surface area contributed by atoms with Crippen molar-refractivity contribution in [1.82, 2.24) is 4.98 Å². The maximum atomic E-state index is 13.0. The highest BCUT2D eigenvalue weighted by Gasteiger charge is 2.29. The number of thioether (sulfide) groups is 1. The third-order valence-corrected chi connectivity index (χ3v) is 9.04. The van der Waals surface area contributed by atoms with E-state index in [9.17, 15) is 20.1 Å². The average Bonchev–Trinajstić information content (AvgIpc) is 3.35. The maximum absolute atomic E-state index is 13.0. The highest BCUT2D eigenvalue weighted by Crippen LogP contribution is 2.45. The second kappa shape index (κ2) is 11.8. The van der Waals surface area contributed by atoms with Gasteiger partial charge in [0.1, 0.15) is 33.5 Å². The number of nitrogens with zero attached hydrogens (tertiary/aromatic N) is 3. The van der Waals surface area contributed by atoms with Gasteiger partial charge in [0.15, 0.2) is 0 Å². The van der Waals surface area contributed by atoms with Crippen molar-refractivity contribution in [1.29, 1.82) is 10.5 Å². The zero-order valence-electron chi connectivity index (χ0n) is 22.4. The monoisotopic (exact) mass is 579 g/mol. The van der Waals surface area contributed by atoms with E-state index in [1.54, 1.807) is 0 Å². The van der Waals surface area contributed by atoms with Crippen LogP contribution >= 0.6 is 23.1 Å². The molecule has 41 heavy (non-hydrogen) atoms. The number of esters is 1. The number of anilines is 2. The summed E-state index contributed by atoms with van der Waals surface area (Å²) in [5.74, 6) is -0.436. The molecule has 0 radical (unpaired) electrons. The lowest BCUT2D eigenvalue weighted by Crippen LogP contribution is -2.15. The first-order chi connectivity index (χ1) is 19.9. The number of ether oxygens (including phenoxy) is 1. The van der Waals surface area contributed by atoms with Crippen LogP contribution in [0.3, 0.4) is 0 Å². The van der Waals surface area contributed by atoms with Crippen LogP contribution in [-0.2, 0) is 22.4 Å². The molecule has 2 heterocycles. The molecule has 2 aromatic heterocycles. The predicted molar refractivity (Wildman–Crippen MR) is 161 cm³/mol. The Morgan fingerprint density at radius 3 is 2.54 bits per heavy atom. The SMILES string of the molecule is COC(=O)c1c(NC(=O)CCSc2nc(N)c(C#N)c(-c3ccc(C)cc3)c2C#N)sc2c1CCc1ccccc1-2. The zero-order chi connectivity index (χ0) is 29.1. The highest BCUT2D eigenvalue weighted by atomic mass is 32.2. The van der Waals surface area contributed by atoms with E-state index in [1.807, 2.05) is 49.4 Å². The van der Waals surface area contributed by atoms with Gasteiger partial charge in [0, 0.05) is 22.6 Å². The minimum Gasteiger partial charge on any atom is -0.465 e. The summed E-state index contributed by atoms with van der Waals surface area (Å²) in [4.78, 5) is 31.1. The zero-order valence-corrected chi connectivity index (χ0v) is 24.0. The number of benzene rings is 2. The van der Waals surface area contributed by atoms with E-state index < -0.39 is 5.97 Å². The lowest BCUT2D eigenvalue weighted by Gasteiger charge is -2.16. The van der Waals surface area contributed by atoms with Gasteiger partial charge in [-0.05, 0) is 42.0 Å². The molecule has 0 atom stereocenters. The van der Waals surface area contributed by atoms with Gasteiger partial charge in [-0.25, -0.2) is 9.78 Å². The van der Waals surface area contributed by atoms with Crippen molar-refractivity contribution < 1.29 is 14.3 Å². The van der Waals surface area contributed by atoms with Crippen LogP contribution in [-0.4, -0.2) is 29.7 Å². The molecule has 0 saturated heterocycles. The van der Waals surface area contributed by atoms with Crippen molar-refractivity contribution in [3.63, 3.8) is 0 Å². The van der Waals surface area contributed by atoms with E-state index in [0.29, 0.717) is 38.9 Å². The first-order valence-electron chi connectivity index (χ1n) is 12.8. The second-order valence-corrected chi connectivity index (χ2v) is 11.5. The molecule has 4 aromatic rings. The molecule has 0 saturated carbocycles. The van der Waals surface area contributed by atoms with Crippen LogP contribution in [0.25, 0.3) is 21.6 Å². The molecule has 1 aliphatic carbocycles. The number of rotatable bonds is 7. The molecule has 10 heteroatoms. The fourth-order valence-electron chi connectivity index (χ4n) is 4.89. The van der Waals surface area contributed by atoms with Crippen molar-refractivity contribution in [3.05, 3.63) is 81.9 Å². The van der Waals surface area contributed by atoms with Crippen LogP contribution in [0, 0.1) is 29.6 Å². The van der Waals surface area contributed by atoms with Crippen LogP contribution in [0.5, 0.6) is 0 Å². The second-order valence-electron chi connectivity index (χ2n) is 9.43. The molecule has 5 rings (SSSR count). The molecule has 204 valence electrons. The summed E-state index contributed by atoms with van der Waals surface area (Å²) in [5, 5.41) is 23.5. The van der Waals surface area contributed by atoms with E-state index in [0.717, 1.165) is 28.0 Å². The molecule has 0 aliphatic heterocycles. The minimum atomic E-state index is -0.480. The molecule has 1 amide bonds. The molecule has 2 aromatic carbocycles. The van der Waals surface area contributed by atoms with Gasteiger partial charge in [0.05, 0.1) is 18.2 Å². The number of carbonyl (C=O) groups is 2. The normalized spacial score (nSPS) is 11.5. The van der Waals surface area contributed by atoms with E-state index >= 15 is 0 Å². The highest BCUT2D eigenvalue weighted by molar-refractivity contribution is 7.99. The first kappa shape index (κ1) is 27.9. The number of thiophene rings is 1. The molecular weight excluding hydrogens is 555 g/mol. The number of nitrogen functional groups attached to an aromatic ring is 1. The molecule has 0 unspecified atom stereocenters. The molecule has 1 aliphatic rings. The Balaban J connectivity index is 1.37. The first-order valence-corrected chi connectivity index (χ1v) is 14.6. The number of hydrogen-bond donors (Lipinski definition) is 2. The van der Waals surface area contributed by atoms with Crippen LogP contribution < -0.4 is 11.1 Å². The summed E-state index contributed by atoms with van der Waals surface area (Å²) < 4.78 is 5.06. The van der Waals surface area contributed by atoms with Crippen molar-refractivity contribution in [2.24, 2.45) is 0 Å². The van der Waals surface area contributed by atoms with E-state index in [1.165, 1.54) is 35.8 Å². The van der Waals surface area contributed by atoms with Gasteiger partial charge in [-0.1, -0.05) is 54.1 Å². The van der Waals surface area contributed by atoms with E-state index in [2.05, 4.69) is 28.5 Å². The fourth-order valence-corrected chi connectivity index (χ4v) is 7.14. The van der Waals surface area contributed by atoms with Crippen LogP contribution in [0.1, 0.15) is 44.6 Å². The number of pyridine rings is 1. The number of fused-ring (bicyclic) bond motifs is 3. The van der Waals surface area contributed by atoms with E-state index in [4.69, 9.17) is 10.5 Å². The lowest BCUT2D eigenvalue weighted by molar-refractivity contribution is -0.115. The van der Waals surface area contributed by atoms with Crippen molar-refractivity contribution in [2.75, 3.05) is 23.9 Å². The smallest absolute Gasteiger partial charge is 0.341 e. The Kier molecular flexibility index (Phi) is 8.06. The van der Waals surface area contributed by atoms with Gasteiger partial charge in [-0.15, -0.1) is 23.1 Å². The standard InChI is InChI=1S/C31H25N5O3S2/c1-17-7-9-19(10-8-17)25-22(15-32)28(34)36-29(23(25)16-33)40-14-13-24(37)35-30-26(31(38)39-2)21-12-11-18-5-3-4-6-20(18)27(21)41-30/h3-10H,11-14H2,1-2H3,(H2,34,36)(H,35,37). The number of carbonyl (C=O) groups excluding carboxylic acids is 2. The number of nitrogens with one attached hydrogen (secondary N) is 1. The number of hydrogen-bond acceptors (Lipinski definition) is 9. The fraction of sp³-hybridized carbons (Fsp3) is 0.194. The van der Waals surface area contributed by atoms with Crippen LogP contribution in [0.2, 0.25) is 0 Å². The van der Waals surface area contributed by atoms with Gasteiger partial charge in [-0.2, -0.15) is 10.5 Å². The lowest BCUT2D eigenvalue weighted by atomic mass is 9.89. The Morgan fingerprint density at radius 1 is 1.10 bits per heavy atom. The average molecular weight is 580 g/mol. The predicted octanol–water partition coefficient (Wildman–Crippen LogP) is 6.12. The van der Waals surface area contributed by atoms with E-state index in [-0.39, 0.29) is 29.3 Å². The molecular formula is C31H25N5O3S2. The van der Waals surface area contributed by atoms with Crippen molar-refractivity contribution in [3.8, 4) is 33.7 Å². The summed E-state index contributed by atoms with van der Waals surface area (Å²) >= 11 is 2.59. The summed E-state index contributed by atoms with van der Waals surface area (Å²) in [6.45, 7) is 1.95. The number of aryl methyl sites for hydroxylation is 2. The quantitative estimate of drug-likeness (QED) is 0.197. The van der Waals surface area contributed by atoms with Gasteiger partial charge in [-0.3, -0.25) is 4.79 Å². The maximum Gasteiger partial charge on any atom is 0.341 e. The van der Waals surface area contributed by atoms with Gasteiger partial charge >= 0.3 is 5.97 Å². The molecule has 0 fully saturated rings. The Bertz CT molecular complexity index is 1760. The largest absolute Gasteiger partial charge is 0.465 e. The molecule has 0 spiro atoms. The van der Waals surface area contributed by atoms with Gasteiger partial charge in [0.25, 0.3) is 0 Å².